The number of hydrogen-bond acceptors (Lipinski definition) is 11. The van der Waals surface area contributed by atoms with E-state index >= 15 is 0 Å². The number of nitro groups is 2. The van der Waals surface area contributed by atoms with E-state index < -0.39 is 21.2 Å². The Labute approximate surface area is 294 Å². The molecule has 0 aliphatic carbocycles. The zero-order valence-corrected chi connectivity index (χ0v) is 31.1. The van der Waals surface area contributed by atoms with Crippen LogP contribution in [0.3, 0.4) is 0 Å². The summed E-state index contributed by atoms with van der Waals surface area (Å²) < 4.78 is 13.2. The van der Waals surface area contributed by atoms with Crippen molar-refractivity contribution in [1.29, 1.82) is 0 Å². The van der Waals surface area contributed by atoms with Crippen LogP contribution >= 0.6 is 57.1 Å². The van der Waals surface area contributed by atoms with Crippen molar-refractivity contribution in [2.75, 3.05) is 0 Å². The maximum atomic E-state index is 12.8. The summed E-state index contributed by atoms with van der Waals surface area (Å²) in [5, 5.41) is 25.5. The first-order valence-corrected chi connectivity index (χ1v) is 20.4. The van der Waals surface area contributed by atoms with Crippen LogP contribution in [0, 0.1) is 32.1 Å². The van der Waals surface area contributed by atoms with Gasteiger partial charge in [-0.25, -0.2) is 0 Å². The van der Waals surface area contributed by atoms with Crippen LogP contribution in [0.2, 0.25) is 0 Å². The topological polar surface area (TPSA) is 112 Å². The molecule has 0 amide bonds. The Balaban J connectivity index is 1.42. The Morgan fingerprint density at radius 3 is 1.38 bits per heavy atom. The minimum Gasteiger partial charge on any atom is -0.258 e. The fourth-order valence-corrected chi connectivity index (χ4v) is 12.2. The van der Waals surface area contributed by atoms with E-state index in [0.29, 0.717) is 32.6 Å². The summed E-state index contributed by atoms with van der Waals surface area (Å²) in [5.74, 6) is 1.27. The zero-order valence-electron chi connectivity index (χ0n) is 27.0. The van der Waals surface area contributed by atoms with Crippen molar-refractivity contribution in [2.45, 2.75) is 91.9 Å². The molecule has 0 aliphatic heterocycles. The molecule has 0 bridgehead atoms. The van der Waals surface area contributed by atoms with Gasteiger partial charge < -0.3 is 0 Å². The lowest BCUT2D eigenvalue weighted by atomic mass is 9.95. The highest BCUT2D eigenvalue weighted by Crippen LogP contribution is 2.54. The van der Waals surface area contributed by atoms with Crippen molar-refractivity contribution in [1.82, 2.24) is 8.75 Å². The van der Waals surface area contributed by atoms with Gasteiger partial charge in [-0.3, -0.25) is 20.2 Å². The minimum absolute atomic E-state index is 0.192. The Kier molecular flexibility index (Phi) is 10.7. The molecule has 0 spiro atoms. The molecule has 0 fully saturated rings. The van der Waals surface area contributed by atoms with Crippen LogP contribution in [-0.2, 0) is 12.8 Å². The van der Waals surface area contributed by atoms with E-state index in [1.807, 2.05) is 12.1 Å². The monoisotopic (exact) mass is 726 g/mol. The number of unbranched alkanes of at least 4 members (excludes halogenated alkanes) is 2. The molecule has 0 aliphatic rings. The van der Waals surface area contributed by atoms with Crippen molar-refractivity contribution >= 4 is 98.3 Å². The number of hydrogen-bond donors (Lipinski definition) is 0. The predicted octanol–water partition coefficient (Wildman–Crippen LogP) is 12.9. The maximum Gasteiger partial charge on any atom is 0.357 e. The third kappa shape index (κ3) is 6.87. The molecule has 0 saturated carbocycles. The summed E-state index contributed by atoms with van der Waals surface area (Å²) in [6.45, 7) is 8.92. The van der Waals surface area contributed by atoms with E-state index in [9.17, 15) is 20.2 Å². The number of nitrogens with zero attached hydrogens (tertiary/aromatic N) is 4. The van der Waals surface area contributed by atoms with Gasteiger partial charge in [0, 0.05) is 38.3 Å². The molecule has 5 aromatic heterocycles. The molecule has 6 aromatic rings. The number of fused-ring (bicyclic) bond motifs is 3. The van der Waals surface area contributed by atoms with E-state index in [1.54, 1.807) is 22.7 Å². The lowest BCUT2D eigenvalue weighted by Crippen LogP contribution is -2.02. The molecule has 0 saturated heterocycles. The molecule has 1 aromatic carbocycles. The minimum atomic E-state index is -0.607. The molecular formula is C34H38N4O4S5. The fourth-order valence-electron chi connectivity index (χ4n) is 6.47. The van der Waals surface area contributed by atoms with Crippen LogP contribution in [0.15, 0.2) is 24.3 Å². The van der Waals surface area contributed by atoms with Crippen molar-refractivity contribution in [3.63, 3.8) is 0 Å². The van der Waals surface area contributed by atoms with Crippen molar-refractivity contribution in [3.8, 4) is 20.9 Å². The van der Waals surface area contributed by atoms with Crippen LogP contribution in [0.4, 0.5) is 11.4 Å². The number of benzene rings is 1. The van der Waals surface area contributed by atoms with E-state index in [2.05, 4.69) is 48.6 Å². The Bertz CT molecular complexity index is 1850. The lowest BCUT2D eigenvalue weighted by Gasteiger charge is -2.12. The SMILES string of the molecule is CCCCC(CC)Cc1cc2sc(-c3c([N+](=O)[O-])c([N+](=O)[O-])c(-c4cc5sc(CC(CC)CCCC)cc5s4)c4nsnc34)cc2s1. The highest BCUT2D eigenvalue weighted by molar-refractivity contribution is 7.30. The van der Waals surface area contributed by atoms with Crippen LogP contribution in [-0.4, -0.2) is 18.6 Å². The van der Waals surface area contributed by atoms with Crippen LogP contribution in [0.1, 0.15) is 88.8 Å². The molecule has 47 heavy (non-hydrogen) atoms. The average molecular weight is 727 g/mol. The van der Waals surface area contributed by atoms with Gasteiger partial charge in [-0.05, 0) is 48.9 Å². The van der Waals surface area contributed by atoms with Crippen LogP contribution in [0.5, 0.6) is 0 Å². The standard InChI is InChI=1S/C34H38N4O4S5/c1-5-9-11-19(7-3)13-21-15-23-25(43-21)17-27(45-23)29-31-32(36-47-35-31)30(34(38(41)42)33(29)37(39)40)28-18-26-24(46-28)16-22(44-26)14-20(8-4)12-10-6-2/h15-20H,5-14H2,1-4H3. The third-order valence-corrected chi connectivity index (χ3v) is 14.3. The molecule has 2 unspecified atom stereocenters. The first kappa shape index (κ1) is 34.0. The van der Waals surface area contributed by atoms with Gasteiger partial charge in [-0.2, -0.15) is 8.75 Å². The van der Waals surface area contributed by atoms with Gasteiger partial charge in [0.2, 0.25) is 0 Å². The van der Waals surface area contributed by atoms with Crippen LogP contribution in [0.25, 0.3) is 50.7 Å². The molecule has 6 rings (SSSR count). The van der Waals surface area contributed by atoms with E-state index in [4.69, 9.17) is 0 Å². The summed E-state index contributed by atoms with van der Waals surface area (Å²) in [6.07, 6.45) is 11.6. The molecule has 0 N–H and O–H groups in total. The Morgan fingerprint density at radius 2 is 1.04 bits per heavy atom. The van der Waals surface area contributed by atoms with Crippen molar-refractivity contribution in [3.05, 3.63) is 54.2 Å². The van der Waals surface area contributed by atoms with Gasteiger partial charge in [0.1, 0.15) is 22.2 Å². The molecule has 0 radical (unpaired) electrons. The van der Waals surface area contributed by atoms with Gasteiger partial charge in [0.05, 0.1) is 21.6 Å². The average Bonchev–Trinajstić information content (AvgIpc) is 3.86. The second-order valence-corrected chi connectivity index (χ2v) is 17.3. The van der Waals surface area contributed by atoms with E-state index in [-0.39, 0.29) is 11.1 Å². The summed E-state index contributed by atoms with van der Waals surface area (Å²) in [4.78, 5) is 28.1. The van der Waals surface area contributed by atoms with E-state index in [0.717, 1.165) is 56.2 Å². The van der Waals surface area contributed by atoms with Crippen LogP contribution < -0.4 is 0 Å². The van der Waals surface area contributed by atoms with Crippen molar-refractivity contribution < 1.29 is 9.85 Å². The second kappa shape index (κ2) is 14.7. The highest BCUT2D eigenvalue weighted by Gasteiger charge is 2.40. The van der Waals surface area contributed by atoms with Gasteiger partial charge >= 0.3 is 11.4 Å². The summed E-state index contributed by atoms with van der Waals surface area (Å²) in [6, 6.07) is 8.26. The van der Waals surface area contributed by atoms with Gasteiger partial charge in [-0.15, -0.1) is 45.3 Å². The molecule has 13 heteroatoms. The molecule has 5 heterocycles. The van der Waals surface area contributed by atoms with Crippen molar-refractivity contribution in [2.24, 2.45) is 11.8 Å². The van der Waals surface area contributed by atoms with E-state index in [1.165, 1.54) is 71.0 Å². The smallest absolute Gasteiger partial charge is 0.258 e. The Hall–Kier alpha value is -2.84. The number of thiophene rings is 4. The number of rotatable bonds is 16. The maximum absolute atomic E-state index is 12.8. The largest absolute Gasteiger partial charge is 0.357 e. The molecule has 8 nitrogen and oxygen atoms in total. The molecule has 2 atom stereocenters. The third-order valence-electron chi connectivity index (χ3n) is 9.10. The number of nitro benzene ring substituents is 2. The number of aromatic nitrogens is 2. The highest BCUT2D eigenvalue weighted by atomic mass is 32.1. The summed E-state index contributed by atoms with van der Waals surface area (Å²) in [5.41, 5.74) is 0.0596. The Morgan fingerprint density at radius 1 is 0.638 bits per heavy atom. The summed E-state index contributed by atoms with van der Waals surface area (Å²) in [7, 11) is 0. The fraction of sp³-hybridized carbons (Fsp3) is 0.471. The van der Waals surface area contributed by atoms with Gasteiger partial charge in [0.15, 0.2) is 0 Å². The summed E-state index contributed by atoms with van der Waals surface area (Å²) >= 11 is 7.23. The molecular weight excluding hydrogens is 689 g/mol. The lowest BCUT2D eigenvalue weighted by molar-refractivity contribution is -0.421. The normalized spacial score (nSPS) is 13.3. The zero-order chi connectivity index (χ0) is 33.2. The predicted molar refractivity (Wildman–Crippen MR) is 202 cm³/mol. The second-order valence-electron chi connectivity index (χ2n) is 12.3. The first-order valence-electron chi connectivity index (χ1n) is 16.4. The van der Waals surface area contributed by atoms with Gasteiger partial charge in [0.25, 0.3) is 0 Å². The molecule has 248 valence electrons. The quantitative estimate of drug-likeness (QED) is 0.0725. The first-order chi connectivity index (χ1) is 22.8. The van der Waals surface area contributed by atoms with Gasteiger partial charge in [-0.1, -0.05) is 79.1 Å².